The Hall–Kier alpha value is -1.05. The molecule has 2 heteroatoms. The van der Waals surface area contributed by atoms with Crippen LogP contribution in [-0.2, 0) is 9.53 Å². The molecule has 2 nitrogen and oxygen atoms in total. The third-order valence-corrected chi connectivity index (χ3v) is 3.13. The van der Waals surface area contributed by atoms with Crippen molar-refractivity contribution in [3.63, 3.8) is 0 Å². The molecule has 0 bridgehead atoms. The molecule has 0 atom stereocenters. The van der Waals surface area contributed by atoms with Gasteiger partial charge >= 0.3 is 5.97 Å². The van der Waals surface area contributed by atoms with Gasteiger partial charge in [0.15, 0.2) is 0 Å². The van der Waals surface area contributed by atoms with Crippen molar-refractivity contribution >= 4 is 5.97 Å². The van der Waals surface area contributed by atoms with Crippen molar-refractivity contribution < 1.29 is 9.53 Å². The lowest BCUT2D eigenvalue weighted by molar-refractivity contribution is -0.143. The molecule has 0 aromatic heterocycles. The predicted octanol–water partition coefficient (Wildman–Crippen LogP) is 5.58. The van der Waals surface area contributed by atoms with Gasteiger partial charge in [-0.1, -0.05) is 50.5 Å². The molecule has 0 fully saturated rings. The van der Waals surface area contributed by atoms with Gasteiger partial charge in [0.25, 0.3) is 0 Å². The maximum absolute atomic E-state index is 11.1. The van der Waals surface area contributed by atoms with Crippen molar-refractivity contribution in [1.29, 1.82) is 0 Å². The summed E-state index contributed by atoms with van der Waals surface area (Å²) in [6.07, 6.45) is 20.2. The van der Waals surface area contributed by atoms with E-state index in [9.17, 15) is 4.79 Å². The molecule has 0 aliphatic heterocycles. The smallest absolute Gasteiger partial charge is 0.305 e. The Morgan fingerprint density at radius 1 is 0.800 bits per heavy atom. The van der Waals surface area contributed by atoms with E-state index in [2.05, 4.69) is 31.2 Å². The van der Waals surface area contributed by atoms with Crippen molar-refractivity contribution in [2.24, 2.45) is 0 Å². The molecule has 0 aromatic carbocycles. The minimum absolute atomic E-state index is 0.0486. The number of carbonyl (C=O) groups is 1. The van der Waals surface area contributed by atoms with Crippen LogP contribution < -0.4 is 0 Å². The minimum atomic E-state index is -0.0486. The van der Waals surface area contributed by atoms with Gasteiger partial charge in [-0.15, -0.1) is 0 Å². The van der Waals surface area contributed by atoms with E-state index in [4.69, 9.17) is 4.74 Å². The molecule has 0 aliphatic carbocycles. The SMILES string of the molecule is CCC=CCCC=CCCCCCCCC(=O)OCC. The van der Waals surface area contributed by atoms with Gasteiger partial charge in [0, 0.05) is 6.42 Å². The summed E-state index contributed by atoms with van der Waals surface area (Å²) in [6.45, 7) is 4.52. The van der Waals surface area contributed by atoms with Crippen molar-refractivity contribution in [1.82, 2.24) is 0 Å². The van der Waals surface area contributed by atoms with Crippen LogP contribution in [-0.4, -0.2) is 12.6 Å². The molecule has 0 amide bonds. The lowest BCUT2D eigenvalue weighted by Crippen LogP contribution is -2.03. The molecule has 0 spiro atoms. The van der Waals surface area contributed by atoms with E-state index in [1.165, 1.54) is 25.7 Å². The lowest BCUT2D eigenvalue weighted by atomic mass is 10.1. The van der Waals surface area contributed by atoms with Crippen LogP contribution in [0, 0.1) is 0 Å². The summed E-state index contributed by atoms with van der Waals surface area (Å²) in [5.74, 6) is -0.0486. The second-order valence-corrected chi connectivity index (χ2v) is 5.04. The number of unbranched alkanes of at least 4 members (excludes halogenated alkanes) is 6. The molecule has 0 saturated heterocycles. The van der Waals surface area contributed by atoms with Crippen LogP contribution in [0.3, 0.4) is 0 Å². The van der Waals surface area contributed by atoms with Crippen molar-refractivity contribution in [3.05, 3.63) is 24.3 Å². The van der Waals surface area contributed by atoms with Crippen LogP contribution in [0.5, 0.6) is 0 Å². The van der Waals surface area contributed by atoms with Crippen LogP contribution in [0.25, 0.3) is 0 Å². The van der Waals surface area contributed by atoms with Crippen molar-refractivity contribution in [2.75, 3.05) is 6.61 Å². The van der Waals surface area contributed by atoms with Crippen molar-refractivity contribution in [3.8, 4) is 0 Å². The Balaban J connectivity index is 3.18. The third kappa shape index (κ3) is 15.0. The summed E-state index contributed by atoms with van der Waals surface area (Å²) in [5.41, 5.74) is 0. The highest BCUT2D eigenvalue weighted by Crippen LogP contribution is 2.08. The van der Waals surface area contributed by atoms with Crippen LogP contribution >= 0.6 is 0 Å². The number of carbonyl (C=O) groups excluding carboxylic acids is 1. The first-order chi connectivity index (χ1) is 9.81. The number of ether oxygens (including phenoxy) is 1. The van der Waals surface area contributed by atoms with Gasteiger partial charge in [-0.2, -0.15) is 0 Å². The van der Waals surface area contributed by atoms with Gasteiger partial charge in [-0.3, -0.25) is 4.79 Å². The second kappa shape index (κ2) is 16.0. The van der Waals surface area contributed by atoms with Gasteiger partial charge in [-0.25, -0.2) is 0 Å². The van der Waals surface area contributed by atoms with Gasteiger partial charge in [0.1, 0.15) is 0 Å². The second-order valence-electron chi connectivity index (χ2n) is 5.04. The largest absolute Gasteiger partial charge is 0.466 e. The summed E-state index contributed by atoms with van der Waals surface area (Å²) in [7, 11) is 0. The molecular weight excluding hydrogens is 248 g/mol. The fourth-order valence-corrected chi connectivity index (χ4v) is 2.01. The molecule has 0 N–H and O–H groups in total. The Bertz CT molecular complexity index is 267. The number of allylic oxidation sites excluding steroid dienone is 4. The van der Waals surface area contributed by atoms with Gasteiger partial charge in [-0.05, 0) is 45.4 Å². The topological polar surface area (TPSA) is 26.3 Å². The first-order valence-corrected chi connectivity index (χ1v) is 8.26. The molecule has 0 saturated carbocycles. The molecule has 0 radical (unpaired) electrons. The molecular formula is C18H32O2. The third-order valence-electron chi connectivity index (χ3n) is 3.13. The predicted molar refractivity (Wildman–Crippen MR) is 86.8 cm³/mol. The zero-order chi connectivity index (χ0) is 14.9. The number of rotatable bonds is 13. The Kier molecular flexibility index (Phi) is 15.2. The Morgan fingerprint density at radius 2 is 1.40 bits per heavy atom. The maximum atomic E-state index is 11.1. The molecule has 0 unspecified atom stereocenters. The average molecular weight is 280 g/mol. The minimum Gasteiger partial charge on any atom is -0.466 e. The molecule has 0 aromatic rings. The first kappa shape index (κ1) is 18.9. The highest BCUT2D eigenvalue weighted by Gasteiger charge is 2.00. The Morgan fingerprint density at radius 3 is 2.10 bits per heavy atom. The molecule has 20 heavy (non-hydrogen) atoms. The zero-order valence-corrected chi connectivity index (χ0v) is 13.4. The molecule has 0 aliphatic rings. The van der Waals surface area contributed by atoms with E-state index >= 15 is 0 Å². The highest BCUT2D eigenvalue weighted by molar-refractivity contribution is 5.69. The summed E-state index contributed by atoms with van der Waals surface area (Å²) in [5, 5.41) is 0. The molecule has 0 heterocycles. The Labute approximate surface area is 125 Å². The lowest BCUT2D eigenvalue weighted by Gasteiger charge is -2.01. The fraction of sp³-hybridized carbons (Fsp3) is 0.722. The number of hydrogen-bond acceptors (Lipinski definition) is 2. The van der Waals surface area contributed by atoms with Gasteiger partial charge in [0.05, 0.1) is 6.61 Å². The van der Waals surface area contributed by atoms with Crippen LogP contribution in [0.4, 0.5) is 0 Å². The average Bonchev–Trinajstić information content (AvgIpc) is 2.44. The van der Waals surface area contributed by atoms with E-state index < -0.39 is 0 Å². The van der Waals surface area contributed by atoms with E-state index in [1.54, 1.807) is 0 Å². The summed E-state index contributed by atoms with van der Waals surface area (Å²) in [4.78, 5) is 11.1. The summed E-state index contributed by atoms with van der Waals surface area (Å²) < 4.78 is 4.90. The van der Waals surface area contributed by atoms with Crippen LogP contribution in [0.1, 0.15) is 78.1 Å². The zero-order valence-electron chi connectivity index (χ0n) is 13.4. The highest BCUT2D eigenvalue weighted by atomic mass is 16.5. The quantitative estimate of drug-likeness (QED) is 0.250. The number of esters is 1. The van der Waals surface area contributed by atoms with Gasteiger partial charge in [0.2, 0.25) is 0 Å². The van der Waals surface area contributed by atoms with E-state index in [0.29, 0.717) is 13.0 Å². The van der Waals surface area contributed by atoms with E-state index in [0.717, 1.165) is 32.1 Å². The standard InChI is InChI=1S/C18H32O2/c1-3-5-6-7-8-9-10-11-12-13-14-15-16-17-18(19)20-4-2/h5-6,9-10H,3-4,7-8,11-17H2,1-2H3. The summed E-state index contributed by atoms with van der Waals surface area (Å²) in [6, 6.07) is 0. The molecule has 0 rings (SSSR count). The summed E-state index contributed by atoms with van der Waals surface area (Å²) >= 11 is 0. The van der Waals surface area contributed by atoms with E-state index in [1.807, 2.05) is 6.92 Å². The first-order valence-electron chi connectivity index (χ1n) is 8.26. The maximum Gasteiger partial charge on any atom is 0.305 e. The van der Waals surface area contributed by atoms with Gasteiger partial charge < -0.3 is 4.74 Å². The van der Waals surface area contributed by atoms with Crippen LogP contribution in [0.2, 0.25) is 0 Å². The van der Waals surface area contributed by atoms with E-state index in [-0.39, 0.29) is 5.97 Å². The van der Waals surface area contributed by atoms with Crippen LogP contribution in [0.15, 0.2) is 24.3 Å². The monoisotopic (exact) mass is 280 g/mol. The number of hydrogen-bond donors (Lipinski definition) is 0. The molecule has 116 valence electrons. The van der Waals surface area contributed by atoms with Crippen molar-refractivity contribution in [2.45, 2.75) is 78.1 Å². The normalized spacial score (nSPS) is 11.5. The fourth-order valence-electron chi connectivity index (χ4n) is 2.01.